The molecule has 53 heavy (non-hydrogen) atoms. The smallest absolute Gasteiger partial charge is 0.186 e. The summed E-state index contributed by atoms with van der Waals surface area (Å²) in [4.78, 5) is 0. The molecule has 0 spiro atoms. The molecular formula is C41H70O12. The van der Waals surface area contributed by atoms with E-state index < -0.39 is 66.5 Å². The summed E-state index contributed by atoms with van der Waals surface area (Å²) in [6.45, 7) is 19.3. The Balaban J connectivity index is 1.21. The standard InChI is InChI=1S/C41H70O12/c1-20-29(43)31(45)33(47)35(50-20)52-26-12-14-38(6)24(36(26,2)3)11-16-39(7)25(38)18-23(51-34-32(46)30(44)22(42)19-49-34)28-21(10-15-40(28,39)8)41(9)17-13-27(53-41)37(4,5)48/h20-35,42-48H,10-19H2,1-9H3/t20?,21?,22-,23?,24?,25?,26?,27?,28?,29?,30-,31?,32+,33?,34-,35?,38?,39?,40?,41?/m0/s1. The molecule has 0 aromatic carbocycles. The van der Waals surface area contributed by atoms with Gasteiger partial charge in [-0.1, -0.05) is 34.6 Å². The van der Waals surface area contributed by atoms with Gasteiger partial charge >= 0.3 is 0 Å². The molecule has 7 aliphatic rings. The van der Waals surface area contributed by atoms with E-state index in [2.05, 4.69) is 41.5 Å². The third kappa shape index (κ3) is 6.22. The van der Waals surface area contributed by atoms with Gasteiger partial charge in [0.05, 0.1) is 42.2 Å². The molecule has 12 heteroatoms. The molecule has 0 radical (unpaired) electrons. The molecule has 20 atom stereocenters. The average molecular weight is 755 g/mol. The molecule has 0 aromatic rings. The highest BCUT2D eigenvalue weighted by atomic mass is 16.7. The normalized spacial score (nSPS) is 57.1. The molecule has 306 valence electrons. The summed E-state index contributed by atoms with van der Waals surface area (Å²) in [6, 6.07) is 0. The Hall–Kier alpha value is -0.480. The fourth-order valence-corrected chi connectivity index (χ4v) is 13.8. The molecule has 16 unspecified atom stereocenters. The molecule has 3 aliphatic heterocycles. The van der Waals surface area contributed by atoms with Gasteiger partial charge in [0.2, 0.25) is 0 Å². The molecule has 4 aliphatic carbocycles. The predicted molar refractivity (Wildman–Crippen MR) is 193 cm³/mol. The molecule has 3 saturated heterocycles. The van der Waals surface area contributed by atoms with Crippen molar-refractivity contribution < 1.29 is 59.4 Å². The van der Waals surface area contributed by atoms with Crippen LogP contribution < -0.4 is 0 Å². The highest BCUT2D eigenvalue weighted by Gasteiger charge is 2.73. The molecule has 12 nitrogen and oxygen atoms in total. The summed E-state index contributed by atoms with van der Waals surface area (Å²) < 4.78 is 32.2. The number of fused-ring (bicyclic) bond motifs is 5. The fraction of sp³-hybridized carbons (Fsp3) is 1.00. The number of rotatable bonds is 6. The van der Waals surface area contributed by atoms with Crippen molar-refractivity contribution in [3.8, 4) is 0 Å². The van der Waals surface area contributed by atoms with E-state index >= 15 is 0 Å². The first-order chi connectivity index (χ1) is 24.5. The third-order valence-electron chi connectivity index (χ3n) is 17.1. The molecule has 0 aromatic heterocycles. The Morgan fingerprint density at radius 2 is 1.34 bits per heavy atom. The van der Waals surface area contributed by atoms with Gasteiger partial charge in [-0.05, 0) is 131 Å². The van der Waals surface area contributed by atoms with Crippen molar-refractivity contribution in [2.75, 3.05) is 6.61 Å². The minimum absolute atomic E-state index is 0.0496. The third-order valence-corrected chi connectivity index (χ3v) is 17.1. The quantitative estimate of drug-likeness (QED) is 0.197. The summed E-state index contributed by atoms with van der Waals surface area (Å²) in [5.41, 5.74) is -2.05. The van der Waals surface area contributed by atoms with Crippen LogP contribution in [-0.4, -0.2) is 127 Å². The molecule has 7 N–H and O–H groups in total. The molecule has 0 bridgehead atoms. The van der Waals surface area contributed by atoms with Crippen molar-refractivity contribution in [1.29, 1.82) is 0 Å². The lowest BCUT2D eigenvalue weighted by Crippen LogP contribution is -2.68. The van der Waals surface area contributed by atoms with Gasteiger partial charge in [-0.25, -0.2) is 0 Å². The largest absolute Gasteiger partial charge is 0.388 e. The molecule has 0 amide bonds. The van der Waals surface area contributed by atoms with E-state index in [0.717, 1.165) is 57.8 Å². The van der Waals surface area contributed by atoms with Gasteiger partial charge in [0, 0.05) is 0 Å². The van der Waals surface area contributed by atoms with Gasteiger partial charge in [-0.2, -0.15) is 0 Å². The first-order valence-corrected chi connectivity index (χ1v) is 20.6. The summed E-state index contributed by atoms with van der Waals surface area (Å²) >= 11 is 0. The van der Waals surface area contributed by atoms with E-state index in [1.165, 1.54) is 0 Å². The van der Waals surface area contributed by atoms with E-state index in [9.17, 15) is 35.7 Å². The molecule has 4 saturated carbocycles. The van der Waals surface area contributed by atoms with Crippen LogP contribution in [0.5, 0.6) is 0 Å². The average Bonchev–Trinajstić information content (AvgIpc) is 3.67. The summed E-state index contributed by atoms with van der Waals surface area (Å²) in [5.74, 6) is 0.708. The highest BCUT2D eigenvalue weighted by Crippen LogP contribution is 2.76. The van der Waals surface area contributed by atoms with Gasteiger partial charge in [-0.15, -0.1) is 0 Å². The predicted octanol–water partition coefficient (Wildman–Crippen LogP) is 3.03. The molecule has 7 rings (SSSR count). The highest BCUT2D eigenvalue weighted by molar-refractivity contribution is 5.21. The lowest BCUT2D eigenvalue weighted by atomic mass is 9.35. The maximum atomic E-state index is 11.1. The summed E-state index contributed by atoms with van der Waals surface area (Å²) in [5, 5.41) is 74.7. The summed E-state index contributed by atoms with van der Waals surface area (Å²) in [7, 11) is 0. The van der Waals surface area contributed by atoms with Gasteiger partial charge in [-0.3, -0.25) is 0 Å². The Labute approximate surface area is 315 Å². The van der Waals surface area contributed by atoms with Crippen molar-refractivity contribution in [2.24, 2.45) is 45.3 Å². The Bertz CT molecular complexity index is 1340. The minimum Gasteiger partial charge on any atom is -0.388 e. The summed E-state index contributed by atoms with van der Waals surface area (Å²) in [6.07, 6.45) is -3.54. The lowest BCUT2D eigenvalue weighted by Gasteiger charge is -2.71. The molecule has 3 heterocycles. The lowest BCUT2D eigenvalue weighted by molar-refractivity contribution is -0.333. The SMILES string of the molecule is CC1OC(OC2CCC3(C)C(CCC4(C)C3CC(O[C@@H]3OC[C@H](O)[C@H](O)[C@H]3O)C3C(C5(C)CCC(C(C)(C)O)O5)CCC34C)C2(C)C)C(O)C(O)C1O. The monoisotopic (exact) mass is 754 g/mol. The first kappa shape index (κ1) is 40.7. The van der Waals surface area contributed by atoms with Crippen LogP contribution in [0.25, 0.3) is 0 Å². The zero-order chi connectivity index (χ0) is 38.8. The van der Waals surface area contributed by atoms with Gasteiger partial charge < -0.3 is 59.4 Å². The topological polar surface area (TPSA) is 188 Å². The van der Waals surface area contributed by atoms with Crippen LogP contribution >= 0.6 is 0 Å². The van der Waals surface area contributed by atoms with Crippen LogP contribution in [0.3, 0.4) is 0 Å². The van der Waals surface area contributed by atoms with E-state index in [1.54, 1.807) is 6.92 Å². The van der Waals surface area contributed by atoms with Crippen LogP contribution in [0.2, 0.25) is 0 Å². The number of aliphatic hydroxyl groups excluding tert-OH is 6. The Morgan fingerprint density at radius 1 is 0.679 bits per heavy atom. The van der Waals surface area contributed by atoms with Crippen LogP contribution in [0.4, 0.5) is 0 Å². The van der Waals surface area contributed by atoms with Crippen molar-refractivity contribution in [2.45, 2.75) is 205 Å². The van der Waals surface area contributed by atoms with Crippen molar-refractivity contribution in [3.05, 3.63) is 0 Å². The number of aliphatic hydroxyl groups is 7. The van der Waals surface area contributed by atoms with Gasteiger partial charge in [0.1, 0.15) is 36.6 Å². The van der Waals surface area contributed by atoms with E-state index in [1.807, 2.05) is 13.8 Å². The first-order valence-electron chi connectivity index (χ1n) is 20.6. The second kappa shape index (κ2) is 13.5. The maximum Gasteiger partial charge on any atom is 0.186 e. The van der Waals surface area contributed by atoms with Crippen molar-refractivity contribution in [3.63, 3.8) is 0 Å². The Kier molecular flexibility index (Phi) is 10.4. The van der Waals surface area contributed by atoms with Crippen LogP contribution in [0, 0.1) is 45.3 Å². The van der Waals surface area contributed by atoms with Gasteiger partial charge in [0.25, 0.3) is 0 Å². The van der Waals surface area contributed by atoms with Crippen molar-refractivity contribution >= 4 is 0 Å². The molecular weight excluding hydrogens is 684 g/mol. The zero-order valence-electron chi connectivity index (χ0n) is 33.5. The number of ether oxygens (including phenoxy) is 5. The Morgan fingerprint density at radius 3 is 2.00 bits per heavy atom. The molecule has 7 fully saturated rings. The van der Waals surface area contributed by atoms with E-state index in [0.29, 0.717) is 0 Å². The van der Waals surface area contributed by atoms with Gasteiger partial charge in [0.15, 0.2) is 12.6 Å². The van der Waals surface area contributed by atoms with E-state index in [-0.39, 0.29) is 70.3 Å². The van der Waals surface area contributed by atoms with E-state index in [4.69, 9.17) is 23.7 Å². The number of hydrogen-bond donors (Lipinski definition) is 7. The minimum atomic E-state index is -1.39. The number of hydrogen-bond acceptors (Lipinski definition) is 12. The second-order valence-electron chi connectivity index (χ2n) is 20.6. The van der Waals surface area contributed by atoms with Crippen LogP contribution in [-0.2, 0) is 23.7 Å². The maximum absolute atomic E-state index is 11.1. The van der Waals surface area contributed by atoms with Crippen molar-refractivity contribution in [1.82, 2.24) is 0 Å². The zero-order valence-corrected chi connectivity index (χ0v) is 33.5. The fourth-order valence-electron chi connectivity index (χ4n) is 13.8. The van der Waals surface area contributed by atoms with Crippen LogP contribution in [0.1, 0.15) is 120 Å². The second-order valence-corrected chi connectivity index (χ2v) is 20.6. The van der Waals surface area contributed by atoms with Crippen LogP contribution in [0.15, 0.2) is 0 Å².